The zero-order valence-corrected chi connectivity index (χ0v) is 16.0. The summed E-state index contributed by atoms with van der Waals surface area (Å²) in [7, 11) is 0. The van der Waals surface area contributed by atoms with Gasteiger partial charge >= 0.3 is 47.6 Å². The van der Waals surface area contributed by atoms with E-state index in [9.17, 15) is 74.6 Å². The Labute approximate surface area is 173 Å². The van der Waals surface area contributed by atoms with Crippen molar-refractivity contribution in [2.24, 2.45) is 5.92 Å². The van der Waals surface area contributed by atoms with E-state index >= 15 is 0 Å². The summed E-state index contributed by atoms with van der Waals surface area (Å²) in [5.74, 6) is -56.4. The zero-order valence-electron chi connectivity index (χ0n) is 16.0. The molecular formula is C15H13F17O. The normalized spacial score (nSPS) is 22.2. The van der Waals surface area contributed by atoms with Crippen LogP contribution in [0.2, 0.25) is 0 Å². The molecule has 0 aromatic carbocycles. The number of ether oxygens (including phenoxy) is 1. The maximum absolute atomic E-state index is 13.7. The molecule has 1 fully saturated rings. The predicted octanol–water partition coefficient (Wildman–Crippen LogP) is 7.20. The van der Waals surface area contributed by atoms with Crippen molar-refractivity contribution in [1.29, 1.82) is 0 Å². The molecule has 1 rings (SSSR count). The summed E-state index contributed by atoms with van der Waals surface area (Å²) in [6.45, 7) is 2.92. The van der Waals surface area contributed by atoms with Crippen molar-refractivity contribution in [3.63, 3.8) is 0 Å². The summed E-state index contributed by atoms with van der Waals surface area (Å²) in [4.78, 5) is 0. The molecule has 1 heterocycles. The van der Waals surface area contributed by atoms with E-state index in [1.54, 1.807) is 0 Å². The van der Waals surface area contributed by atoms with Gasteiger partial charge in [0.2, 0.25) is 0 Å². The molecule has 18 heteroatoms. The summed E-state index contributed by atoms with van der Waals surface area (Å²) in [5, 5.41) is 0. The largest absolute Gasteiger partial charge is 0.460 e. The SMILES string of the molecule is CC(C)CC1OC1CC(F)(F)C(F)(F)C(F)(F)C(F)(F)C(F)(F)C(F)(F)C(F)(F)C(F)(F)F. The number of halogens is 17. The highest BCUT2D eigenvalue weighted by molar-refractivity contribution is 5.15. The van der Waals surface area contributed by atoms with Gasteiger partial charge in [0.15, 0.2) is 0 Å². The fraction of sp³-hybridized carbons (Fsp3) is 1.00. The lowest BCUT2D eigenvalue weighted by Gasteiger charge is -2.42. The van der Waals surface area contributed by atoms with Crippen LogP contribution in [0.15, 0.2) is 0 Å². The highest BCUT2D eigenvalue weighted by Crippen LogP contribution is 2.64. The summed E-state index contributed by atoms with van der Waals surface area (Å²) >= 11 is 0. The Kier molecular flexibility index (Phi) is 7.13. The Morgan fingerprint density at radius 3 is 1.18 bits per heavy atom. The lowest BCUT2D eigenvalue weighted by molar-refractivity contribution is -0.461. The van der Waals surface area contributed by atoms with Gasteiger partial charge in [-0.05, 0) is 12.3 Å². The van der Waals surface area contributed by atoms with Crippen LogP contribution < -0.4 is 0 Å². The number of alkyl halides is 17. The van der Waals surface area contributed by atoms with Gasteiger partial charge in [-0.2, -0.15) is 74.6 Å². The molecular weight excluding hydrogens is 519 g/mol. The molecule has 0 spiro atoms. The van der Waals surface area contributed by atoms with Crippen molar-refractivity contribution in [3.8, 4) is 0 Å². The smallest absolute Gasteiger partial charge is 0.369 e. The standard InChI is InChI=1S/C15H13F17O/c1-5(2)3-6-7(33-6)4-8(16,17)9(18,19)10(20,21)11(22,23)12(24,25)13(26,27)14(28,29)15(30,31)32/h5-7H,3-4H2,1-2H3. The Morgan fingerprint density at radius 1 is 0.515 bits per heavy atom. The quantitative estimate of drug-likeness (QED) is 0.214. The van der Waals surface area contributed by atoms with Crippen LogP contribution in [0.3, 0.4) is 0 Å². The minimum atomic E-state index is -8.60. The Balaban J connectivity index is 3.40. The Hall–Kier alpha value is -1.23. The van der Waals surface area contributed by atoms with Gasteiger partial charge in [0.1, 0.15) is 0 Å². The highest BCUT2D eigenvalue weighted by Gasteiger charge is 2.95. The van der Waals surface area contributed by atoms with E-state index < -0.39 is 66.3 Å². The zero-order chi connectivity index (χ0) is 26.9. The Morgan fingerprint density at radius 2 is 0.848 bits per heavy atom. The fourth-order valence-corrected chi connectivity index (χ4v) is 2.61. The van der Waals surface area contributed by atoms with Gasteiger partial charge in [-0.25, -0.2) is 0 Å². The van der Waals surface area contributed by atoms with Crippen LogP contribution in [0.25, 0.3) is 0 Å². The van der Waals surface area contributed by atoms with Crippen molar-refractivity contribution in [2.45, 2.75) is 86.5 Å². The molecule has 0 bridgehead atoms. The topological polar surface area (TPSA) is 12.5 Å². The van der Waals surface area contributed by atoms with Crippen LogP contribution in [0.1, 0.15) is 26.7 Å². The summed E-state index contributed by atoms with van der Waals surface area (Å²) in [6, 6.07) is 0. The fourth-order valence-electron chi connectivity index (χ4n) is 2.61. The number of rotatable bonds is 10. The molecule has 2 unspecified atom stereocenters. The third-order valence-electron chi connectivity index (χ3n) is 4.64. The second-order valence-corrected chi connectivity index (χ2v) is 7.70. The van der Waals surface area contributed by atoms with Crippen LogP contribution in [0, 0.1) is 5.92 Å². The average Bonchev–Trinajstić information content (AvgIpc) is 3.27. The Bertz CT molecular complexity index is 708. The van der Waals surface area contributed by atoms with Crippen molar-refractivity contribution in [3.05, 3.63) is 0 Å². The van der Waals surface area contributed by atoms with Crippen molar-refractivity contribution < 1.29 is 79.4 Å². The van der Waals surface area contributed by atoms with Crippen LogP contribution in [0.5, 0.6) is 0 Å². The minimum Gasteiger partial charge on any atom is -0.369 e. The molecule has 0 aromatic rings. The highest BCUT2D eigenvalue weighted by atomic mass is 19.4. The molecule has 1 aliphatic rings. The molecule has 1 nitrogen and oxygen atoms in total. The van der Waals surface area contributed by atoms with Gasteiger partial charge in [0.25, 0.3) is 0 Å². The molecule has 0 saturated carbocycles. The second kappa shape index (κ2) is 7.90. The number of epoxide rings is 1. The maximum Gasteiger partial charge on any atom is 0.460 e. The van der Waals surface area contributed by atoms with Gasteiger partial charge in [0, 0.05) is 6.42 Å². The first-order chi connectivity index (χ1) is 14.1. The van der Waals surface area contributed by atoms with E-state index in [1.165, 1.54) is 13.8 Å². The summed E-state index contributed by atoms with van der Waals surface area (Å²) in [5.41, 5.74) is 0. The lowest BCUT2D eigenvalue weighted by Crippen LogP contribution is -2.74. The molecule has 0 radical (unpaired) electrons. The van der Waals surface area contributed by atoms with Crippen LogP contribution in [-0.4, -0.2) is 59.8 Å². The molecule has 1 aliphatic heterocycles. The van der Waals surface area contributed by atoms with Gasteiger partial charge in [-0.1, -0.05) is 13.8 Å². The van der Waals surface area contributed by atoms with Gasteiger partial charge < -0.3 is 4.74 Å². The maximum atomic E-state index is 13.7. The van der Waals surface area contributed by atoms with Gasteiger partial charge in [0.05, 0.1) is 12.2 Å². The third-order valence-corrected chi connectivity index (χ3v) is 4.64. The van der Waals surface area contributed by atoms with E-state index in [2.05, 4.69) is 4.74 Å². The van der Waals surface area contributed by atoms with Crippen LogP contribution in [-0.2, 0) is 4.74 Å². The van der Waals surface area contributed by atoms with E-state index in [-0.39, 0.29) is 12.3 Å². The van der Waals surface area contributed by atoms with E-state index in [0.29, 0.717) is 0 Å². The average molecular weight is 532 g/mol. The summed E-state index contributed by atoms with van der Waals surface area (Å²) in [6.07, 6.45) is -13.6. The monoisotopic (exact) mass is 532 g/mol. The van der Waals surface area contributed by atoms with E-state index in [4.69, 9.17) is 0 Å². The summed E-state index contributed by atoms with van der Waals surface area (Å²) < 4.78 is 228. The lowest BCUT2D eigenvalue weighted by atomic mass is 9.87. The molecule has 2 atom stereocenters. The first kappa shape index (κ1) is 29.8. The number of hydrogen-bond donors (Lipinski definition) is 0. The first-order valence-electron chi connectivity index (χ1n) is 8.50. The minimum absolute atomic E-state index is 0.129. The van der Waals surface area contributed by atoms with Crippen LogP contribution in [0.4, 0.5) is 74.6 Å². The van der Waals surface area contributed by atoms with E-state index in [0.717, 1.165) is 0 Å². The van der Waals surface area contributed by atoms with Crippen molar-refractivity contribution in [1.82, 2.24) is 0 Å². The molecule has 0 N–H and O–H groups in total. The van der Waals surface area contributed by atoms with Gasteiger partial charge in [-0.15, -0.1) is 0 Å². The predicted molar refractivity (Wildman–Crippen MR) is 73.4 cm³/mol. The number of hydrogen-bond acceptors (Lipinski definition) is 1. The second-order valence-electron chi connectivity index (χ2n) is 7.70. The third kappa shape index (κ3) is 4.32. The first-order valence-corrected chi connectivity index (χ1v) is 8.50. The van der Waals surface area contributed by atoms with Gasteiger partial charge in [-0.3, -0.25) is 0 Å². The molecule has 0 aromatic heterocycles. The van der Waals surface area contributed by atoms with Crippen molar-refractivity contribution in [2.75, 3.05) is 0 Å². The molecule has 0 aliphatic carbocycles. The van der Waals surface area contributed by atoms with E-state index in [1.807, 2.05) is 0 Å². The molecule has 1 saturated heterocycles. The molecule has 33 heavy (non-hydrogen) atoms. The van der Waals surface area contributed by atoms with Crippen molar-refractivity contribution >= 4 is 0 Å². The van der Waals surface area contributed by atoms with Crippen LogP contribution >= 0.6 is 0 Å². The molecule has 0 amide bonds. The molecule has 198 valence electrons.